The van der Waals surface area contributed by atoms with Crippen LogP contribution in [0.3, 0.4) is 0 Å². The van der Waals surface area contributed by atoms with Crippen molar-refractivity contribution in [2.24, 2.45) is 5.73 Å². The second-order valence-electron chi connectivity index (χ2n) is 5.07. The minimum absolute atomic E-state index is 0.00226. The maximum atomic E-state index is 12.0. The average molecular weight is 314 g/mol. The lowest BCUT2D eigenvalue weighted by atomic mass is 10.1. The van der Waals surface area contributed by atoms with E-state index in [4.69, 9.17) is 15.7 Å². The van der Waals surface area contributed by atoms with Gasteiger partial charge in [0.25, 0.3) is 11.8 Å². The van der Waals surface area contributed by atoms with Crippen LogP contribution in [-0.4, -0.2) is 31.1 Å². The molecule has 2 rings (SSSR count). The summed E-state index contributed by atoms with van der Waals surface area (Å²) in [6, 6.07) is 8.41. The van der Waals surface area contributed by atoms with Crippen molar-refractivity contribution in [2.75, 3.05) is 18.5 Å². The van der Waals surface area contributed by atoms with Crippen molar-refractivity contribution in [3.05, 3.63) is 41.6 Å². The highest BCUT2D eigenvalue weighted by Gasteiger charge is 2.17. The molecule has 1 unspecified atom stereocenters. The lowest BCUT2D eigenvalue weighted by molar-refractivity contribution is -0.117. The Balaban J connectivity index is 2.00. The van der Waals surface area contributed by atoms with Crippen LogP contribution in [0.25, 0.3) is 0 Å². The zero-order valence-corrected chi connectivity index (χ0v) is 12.5. The Bertz CT molecular complexity index is 658. The van der Waals surface area contributed by atoms with E-state index in [-0.39, 0.29) is 17.2 Å². The maximum absolute atomic E-state index is 12.0. The molecule has 1 aromatic rings. The lowest BCUT2D eigenvalue weighted by Crippen LogP contribution is -2.32. The third-order valence-electron chi connectivity index (χ3n) is 3.44. The first kappa shape index (κ1) is 16.5. The summed E-state index contributed by atoms with van der Waals surface area (Å²) in [5.41, 5.74) is 5.89. The number of nitriles is 1. The highest BCUT2D eigenvalue weighted by molar-refractivity contribution is 6.00. The van der Waals surface area contributed by atoms with Gasteiger partial charge in [-0.15, -0.1) is 0 Å². The van der Waals surface area contributed by atoms with Gasteiger partial charge in [-0.2, -0.15) is 5.26 Å². The molecule has 1 aliphatic rings. The van der Waals surface area contributed by atoms with Crippen LogP contribution in [-0.2, 0) is 9.53 Å². The van der Waals surface area contributed by atoms with E-state index >= 15 is 0 Å². The number of nitrogens with zero attached hydrogens (tertiary/aromatic N) is 1. The standard InChI is InChI=1S/C16H18N4O3/c17-8-11(16(22)20-10-12-4-3-7-23-12)9-19-14-6-2-1-5-13(14)15(18)21/h1-2,5-6,9,12,19H,3-4,7,10H2,(H2,18,21)(H,20,22)/b11-9-. The van der Waals surface area contributed by atoms with E-state index in [2.05, 4.69) is 10.6 Å². The number of ether oxygens (including phenoxy) is 1. The molecule has 1 aliphatic heterocycles. The van der Waals surface area contributed by atoms with Gasteiger partial charge in [-0.1, -0.05) is 12.1 Å². The molecule has 1 aromatic carbocycles. The number of primary amides is 1. The number of nitrogens with two attached hydrogens (primary N) is 1. The van der Waals surface area contributed by atoms with Crippen molar-refractivity contribution in [2.45, 2.75) is 18.9 Å². The monoisotopic (exact) mass is 314 g/mol. The van der Waals surface area contributed by atoms with E-state index in [0.717, 1.165) is 12.8 Å². The Hall–Kier alpha value is -2.85. The fourth-order valence-corrected chi connectivity index (χ4v) is 2.23. The number of carbonyl (C=O) groups is 2. The molecule has 1 atom stereocenters. The van der Waals surface area contributed by atoms with Gasteiger partial charge in [0.2, 0.25) is 0 Å². The normalized spacial score (nSPS) is 17.3. The largest absolute Gasteiger partial charge is 0.376 e. The molecule has 1 fully saturated rings. The zero-order chi connectivity index (χ0) is 16.7. The minimum Gasteiger partial charge on any atom is -0.376 e. The number of amides is 2. The quantitative estimate of drug-likeness (QED) is 0.532. The summed E-state index contributed by atoms with van der Waals surface area (Å²) >= 11 is 0. The van der Waals surface area contributed by atoms with Crippen LogP contribution in [0.2, 0.25) is 0 Å². The van der Waals surface area contributed by atoms with Gasteiger partial charge >= 0.3 is 0 Å². The number of benzene rings is 1. The SMILES string of the molecule is N#C/C(=C/Nc1ccccc1C(N)=O)C(=O)NCC1CCCO1. The first-order valence-corrected chi connectivity index (χ1v) is 7.27. The van der Waals surface area contributed by atoms with Crippen LogP contribution in [0, 0.1) is 11.3 Å². The van der Waals surface area contributed by atoms with Gasteiger partial charge in [-0.05, 0) is 25.0 Å². The molecule has 0 saturated carbocycles. The number of para-hydroxylation sites is 1. The third-order valence-corrected chi connectivity index (χ3v) is 3.44. The van der Waals surface area contributed by atoms with Crippen molar-refractivity contribution in [1.82, 2.24) is 5.32 Å². The molecular weight excluding hydrogens is 296 g/mol. The van der Waals surface area contributed by atoms with Crippen LogP contribution in [0.5, 0.6) is 0 Å². The minimum atomic E-state index is -0.595. The van der Waals surface area contributed by atoms with Gasteiger partial charge in [-0.3, -0.25) is 9.59 Å². The van der Waals surface area contributed by atoms with Crippen molar-refractivity contribution in [3.63, 3.8) is 0 Å². The highest BCUT2D eigenvalue weighted by atomic mass is 16.5. The number of rotatable bonds is 6. The fraction of sp³-hybridized carbons (Fsp3) is 0.312. The first-order valence-electron chi connectivity index (χ1n) is 7.27. The van der Waals surface area contributed by atoms with Gasteiger partial charge < -0.3 is 21.1 Å². The van der Waals surface area contributed by atoms with Gasteiger partial charge in [0.15, 0.2) is 0 Å². The van der Waals surface area contributed by atoms with Crippen LogP contribution >= 0.6 is 0 Å². The smallest absolute Gasteiger partial charge is 0.263 e. The number of carbonyl (C=O) groups excluding carboxylic acids is 2. The predicted molar refractivity (Wildman–Crippen MR) is 84.3 cm³/mol. The Labute approximate surface area is 134 Å². The van der Waals surface area contributed by atoms with Crippen LogP contribution in [0.1, 0.15) is 23.2 Å². The second kappa shape index (κ2) is 7.96. The number of anilines is 1. The predicted octanol–water partition coefficient (Wildman–Crippen LogP) is 0.900. The second-order valence-corrected chi connectivity index (χ2v) is 5.07. The van der Waals surface area contributed by atoms with Crippen molar-refractivity contribution < 1.29 is 14.3 Å². The molecule has 23 heavy (non-hydrogen) atoms. The van der Waals surface area contributed by atoms with Gasteiger partial charge in [0.1, 0.15) is 11.6 Å². The molecule has 0 bridgehead atoms. The van der Waals surface area contributed by atoms with Crippen molar-refractivity contribution in [3.8, 4) is 6.07 Å². The summed E-state index contributed by atoms with van der Waals surface area (Å²) < 4.78 is 5.40. The van der Waals surface area contributed by atoms with E-state index in [1.54, 1.807) is 24.3 Å². The van der Waals surface area contributed by atoms with E-state index in [9.17, 15) is 9.59 Å². The Morgan fingerprint density at radius 2 is 2.22 bits per heavy atom. The first-order chi connectivity index (χ1) is 11.1. The fourth-order valence-electron chi connectivity index (χ4n) is 2.23. The van der Waals surface area contributed by atoms with Gasteiger partial charge in [-0.25, -0.2) is 0 Å². The number of hydrogen-bond acceptors (Lipinski definition) is 5. The summed E-state index contributed by atoms with van der Waals surface area (Å²) in [5, 5.41) is 14.5. The van der Waals surface area contributed by atoms with Crippen LogP contribution in [0.4, 0.5) is 5.69 Å². The Kier molecular flexibility index (Phi) is 5.72. The van der Waals surface area contributed by atoms with Crippen molar-refractivity contribution >= 4 is 17.5 Å². The summed E-state index contributed by atoms with van der Waals surface area (Å²) in [6.07, 6.45) is 3.14. The van der Waals surface area contributed by atoms with Gasteiger partial charge in [0.05, 0.1) is 17.4 Å². The number of hydrogen-bond donors (Lipinski definition) is 3. The lowest BCUT2D eigenvalue weighted by Gasteiger charge is -2.10. The molecule has 1 saturated heterocycles. The Morgan fingerprint density at radius 1 is 1.43 bits per heavy atom. The Morgan fingerprint density at radius 3 is 2.87 bits per heavy atom. The molecule has 120 valence electrons. The van der Waals surface area contributed by atoms with E-state index in [1.807, 2.05) is 6.07 Å². The summed E-state index contributed by atoms with van der Waals surface area (Å²) in [6.45, 7) is 1.07. The average Bonchev–Trinajstić information content (AvgIpc) is 3.07. The van der Waals surface area contributed by atoms with Crippen LogP contribution in [0.15, 0.2) is 36.0 Å². The molecule has 0 aromatic heterocycles. The molecule has 2 amide bonds. The van der Waals surface area contributed by atoms with Crippen LogP contribution < -0.4 is 16.4 Å². The summed E-state index contributed by atoms with van der Waals surface area (Å²) in [4.78, 5) is 23.3. The van der Waals surface area contributed by atoms with E-state index in [0.29, 0.717) is 18.8 Å². The summed E-state index contributed by atoms with van der Waals surface area (Å²) in [7, 11) is 0. The highest BCUT2D eigenvalue weighted by Crippen LogP contribution is 2.15. The number of nitrogens with one attached hydrogen (secondary N) is 2. The molecule has 4 N–H and O–H groups in total. The van der Waals surface area contributed by atoms with E-state index < -0.39 is 11.8 Å². The summed E-state index contributed by atoms with van der Waals surface area (Å²) in [5.74, 6) is -1.09. The molecule has 0 radical (unpaired) electrons. The van der Waals surface area contributed by atoms with Crippen molar-refractivity contribution in [1.29, 1.82) is 5.26 Å². The molecule has 7 nitrogen and oxygen atoms in total. The molecule has 7 heteroatoms. The van der Waals surface area contributed by atoms with Gasteiger partial charge in [0, 0.05) is 19.4 Å². The van der Waals surface area contributed by atoms with E-state index in [1.165, 1.54) is 6.20 Å². The third kappa shape index (κ3) is 4.56. The molecule has 1 heterocycles. The zero-order valence-electron chi connectivity index (χ0n) is 12.5. The molecule has 0 aliphatic carbocycles. The molecule has 0 spiro atoms. The topological polar surface area (TPSA) is 117 Å². The maximum Gasteiger partial charge on any atom is 0.263 e. The molecular formula is C16H18N4O3.